The molecule has 0 fully saturated rings. The summed E-state index contributed by atoms with van der Waals surface area (Å²) in [5.74, 6) is 1.59. The highest BCUT2D eigenvalue weighted by molar-refractivity contribution is 7.99. The largest absolute Gasteiger partial charge is 0.507 e. The molecule has 2 amide bonds. The van der Waals surface area contributed by atoms with E-state index in [9.17, 15) is 15.2 Å². The van der Waals surface area contributed by atoms with Crippen LogP contribution in [0.5, 0.6) is 11.5 Å². The minimum absolute atomic E-state index is 0.0737. The maximum atomic E-state index is 13.3. The third-order valence-electron chi connectivity index (χ3n) is 7.55. The normalized spacial score (nSPS) is 11.3. The van der Waals surface area contributed by atoms with Gasteiger partial charge in [0.15, 0.2) is 11.5 Å². The number of nitriles is 1. The van der Waals surface area contributed by atoms with Crippen molar-refractivity contribution < 1.29 is 19.7 Å². The van der Waals surface area contributed by atoms with Gasteiger partial charge in [-0.25, -0.2) is 9.48 Å². The molecule has 0 bridgehead atoms. The van der Waals surface area contributed by atoms with Gasteiger partial charge >= 0.3 is 6.03 Å². The number of rotatable bonds is 10. The van der Waals surface area contributed by atoms with E-state index in [0.29, 0.717) is 28.6 Å². The van der Waals surface area contributed by atoms with Crippen LogP contribution in [0.15, 0.2) is 101 Å². The monoisotopic (exact) mass is 674 g/mol. The van der Waals surface area contributed by atoms with Gasteiger partial charge < -0.3 is 20.3 Å². The Kier molecular flexibility index (Phi) is 9.52. The van der Waals surface area contributed by atoms with Gasteiger partial charge in [-0.05, 0) is 66.2 Å². The predicted molar refractivity (Wildman–Crippen MR) is 186 cm³/mol. The molecule has 0 atom stereocenters. The van der Waals surface area contributed by atoms with Crippen molar-refractivity contribution in [2.24, 2.45) is 0 Å². The van der Waals surface area contributed by atoms with Crippen LogP contribution in [-0.2, 0) is 12.0 Å². The van der Waals surface area contributed by atoms with Crippen molar-refractivity contribution in [3.05, 3.63) is 108 Å². The van der Waals surface area contributed by atoms with Crippen molar-refractivity contribution in [2.45, 2.75) is 42.5 Å². The molecule has 0 spiro atoms. The number of hydrogen-bond acceptors (Lipinski definition) is 9. The molecule has 0 saturated heterocycles. The SMILES string of the molecule is CC(C)(C)c1cc(NC(=O)NCc2ccccc2Sc2ccc3nnc(-c4ccc(O)c(C#N)c4)n3c2)n(-c2ccc(OCCO)cc2)n1. The van der Waals surface area contributed by atoms with E-state index in [2.05, 4.69) is 41.6 Å². The van der Waals surface area contributed by atoms with Crippen molar-refractivity contribution in [3.63, 3.8) is 0 Å². The fraction of sp³-hybridized carbons (Fsp3) is 0.194. The Balaban J connectivity index is 1.18. The summed E-state index contributed by atoms with van der Waals surface area (Å²) in [5, 5.41) is 47.7. The molecule has 4 N–H and O–H groups in total. The number of carbonyl (C=O) groups excluding carboxylic acids is 1. The zero-order chi connectivity index (χ0) is 34.5. The van der Waals surface area contributed by atoms with E-state index in [-0.39, 0.29) is 42.5 Å². The quantitative estimate of drug-likeness (QED) is 0.131. The number of phenolic OH excluding ortho intramolecular Hbond substituents is 1. The number of ether oxygens (including phenoxy) is 1. The molecule has 49 heavy (non-hydrogen) atoms. The van der Waals surface area contributed by atoms with E-state index < -0.39 is 0 Å². The molecule has 6 rings (SSSR count). The molecule has 3 heterocycles. The minimum Gasteiger partial charge on any atom is -0.507 e. The van der Waals surface area contributed by atoms with Crippen LogP contribution in [0, 0.1) is 11.3 Å². The molecular formula is C36H34N8O4S. The third-order valence-corrected chi connectivity index (χ3v) is 8.65. The molecule has 0 unspecified atom stereocenters. The first-order chi connectivity index (χ1) is 23.6. The number of phenols is 1. The lowest BCUT2D eigenvalue weighted by molar-refractivity contribution is 0.201. The van der Waals surface area contributed by atoms with E-state index in [4.69, 9.17) is 14.9 Å². The summed E-state index contributed by atoms with van der Waals surface area (Å²) < 4.78 is 9.02. The Labute approximate surface area is 287 Å². The number of anilines is 1. The van der Waals surface area contributed by atoms with Gasteiger partial charge in [0.2, 0.25) is 0 Å². The highest BCUT2D eigenvalue weighted by Crippen LogP contribution is 2.33. The Hall–Kier alpha value is -5.84. The summed E-state index contributed by atoms with van der Waals surface area (Å²) >= 11 is 1.54. The topological polar surface area (TPSA) is 163 Å². The second-order valence-corrected chi connectivity index (χ2v) is 13.2. The number of carbonyl (C=O) groups is 1. The second-order valence-electron chi connectivity index (χ2n) is 12.1. The van der Waals surface area contributed by atoms with Crippen LogP contribution >= 0.6 is 11.8 Å². The summed E-state index contributed by atoms with van der Waals surface area (Å²) in [6, 6.07) is 27.2. The molecule has 0 aliphatic rings. The molecule has 0 aliphatic carbocycles. The molecule has 12 nitrogen and oxygen atoms in total. The first kappa shape index (κ1) is 33.1. The number of hydrogen-bond donors (Lipinski definition) is 4. The van der Waals surface area contributed by atoms with Crippen LogP contribution in [0.2, 0.25) is 0 Å². The summed E-state index contributed by atoms with van der Waals surface area (Å²) in [7, 11) is 0. The molecule has 248 valence electrons. The first-order valence-corrected chi connectivity index (χ1v) is 16.3. The fourth-order valence-corrected chi connectivity index (χ4v) is 5.95. The summed E-state index contributed by atoms with van der Waals surface area (Å²) in [6.07, 6.45) is 1.92. The van der Waals surface area contributed by atoms with Crippen LogP contribution < -0.4 is 15.4 Å². The molecule has 3 aromatic heterocycles. The molecule has 13 heteroatoms. The highest BCUT2D eigenvalue weighted by Gasteiger charge is 2.22. The van der Waals surface area contributed by atoms with Gasteiger partial charge in [0.05, 0.1) is 23.6 Å². The molecule has 6 aromatic rings. The molecular weight excluding hydrogens is 641 g/mol. The van der Waals surface area contributed by atoms with Crippen molar-refractivity contribution in [2.75, 3.05) is 18.5 Å². The smallest absolute Gasteiger partial charge is 0.320 e. The average molecular weight is 675 g/mol. The van der Waals surface area contributed by atoms with E-state index in [1.165, 1.54) is 17.8 Å². The van der Waals surface area contributed by atoms with Crippen molar-refractivity contribution in [1.29, 1.82) is 5.26 Å². The zero-order valence-corrected chi connectivity index (χ0v) is 27.9. The number of pyridine rings is 1. The van der Waals surface area contributed by atoms with Crippen LogP contribution in [0.1, 0.15) is 37.6 Å². The van der Waals surface area contributed by atoms with Crippen molar-refractivity contribution in [1.82, 2.24) is 29.7 Å². The van der Waals surface area contributed by atoms with Gasteiger partial charge in [0, 0.05) is 39.6 Å². The van der Waals surface area contributed by atoms with Crippen LogP contribution in [0.4, 0.5) is 10.6 Å². The maximum Gasteiger partial charge on any atom is 0.320 e. The number of fused-ring (bicyclic) bond motifs is 1. The lowest BCUT2D eigenvalue weighted by atomic mass is 9.92. The predicted octanol–water partition coefficient (Wildman–Crippen LogP) is 6.30. The molecule has 0 saturated carbocycles. The Morgan fingerprint density at radius 2 is 1.82 bits per heavy atom. The third kappa shape index (κ3) is 7.51. The standard InChI is InChI=1S/C36H34N8O4S/c1-36(2,3)31-19-33(44(42-31)26-9-11-27(12-10-26)48-17-16-45)39-35(47)38-21-24-6-4-5-7-30(24)49-28-13-15-32-40-41-34(43(32)22-28)23-8-14-29(46)25(18-23)20-37/h4-15,18-19,22,45-46H,16-17,21H2,1-3H3,(H2,38,39,47). The van der Waals surface area contributed by atoms with Gasteiger partial charge in [-0.3, -0.25) is 9.72 Å². The molecule has 0 radical (unpaired) electrons. The summed E-state index contributed by atoms with van der Waals surface area (Å²) in [6.45, 7) is 6.58. The number of nitrogens with one attached hydrogen (secondary N) is 2. The van der Waals surface area contributed by atoms with Crippen molar-refractivity contribution in [3.8, 4) is 34.6 Å². The van der Waals surface area contributed by atoms with Gasteiger partial charge in [0.25, 0.3) is 0 Å². The van der Waals surface area contributed by atoms with E-state index >= 15 is 0 Å². The number of nitrogens with zero attached hydrogens (tertiary/aromatic N) is 6. The first-order valence-electron chi connectivity index (χ1n) is 15.5. The highest BCUT2D eigenvalue weighted by atomic mass is 32.2. The fourth-order valence-electron chi connectivity index (χ4n) is 4.99. The number of urea groups is 1. The van der Waals surface area contributed by atoms with Crippen molar-refractivity contribution >= 4 is 29.3 Å². The number of aromatic nitrogens is 5. The number of aliphatic hydroxyl groups excluding tert-OH is 1. The number of amides is 2. The Morgan fingerprint density at radius 1 is 1.02 bits per heavy atom. The molecule has 0 aliphatic heterocycles. The van der Waals surface area contributed by atoms with Crippen LogP contribution in [0.3, 0.4) is 0 Å². The van der Waals surface area contributed by atoms with Gasteiger partial charge in [-0.15, -0.1) is 10.2 Å². The molecule has 3 aromatic carbocycles. The summed E-state index contributed by atoms with van der Waals surface area (Å²) in [4.78, 5) is 15.1. The Bertz CT molecular complexity index is 2160. The van der Waals surface area contributed by atoms with Crippen LogP contribution in [0.25, 0.3) is 22.7 Å². The zero-order valence-electron chi connectivity index (χ0n) is 27.1. The second kappa shape index (κ2) is 14.1. The van der Waals surface area contributed by atoms with Gasteiger partial charge in [0.1, 0.15) is 30.0 Å². The lowest BCUT2D eigenvalue weighted by Gasteiger charge is -2.14. The van der Waals surface area contributed by atoms with Gasteiger partial charge in [-0.2, -0.15) is 10.4 Å². The maximum absolute atomic E-state index is 13.3. The van der Waals surface area contributed by atoms with E-state index in [1.807, 2.05) is 71.3 Å². The van der Waals surface area contributed by atoms with Crippen LogP contribution in [-0.4, -0.2) is 53.8 Å². The average Bonchev–Trinajstić information content (AvgIpc) is 3.72. The Morgan fingerprint density at radius 3 is 2.57 bits per heavy atom. The lowest BCUT2D eigenvalue weighted by Crippen LogP contribution is -2.29. The number of benzene rings is 3. The number of aromatic hydroxyl groups is 1. The summed E-state index contributed by atoms with van der Waals surface area (Å²) in [5.41, 5.74) is 3.67. The minimum atomic E-state index is -0.384. The van der Waals surface area contributed by atoms with Gasteiger partial charge in [-0.1, -0.05) is 50.7 Å². The van der Waals surface area contributed by atoms with E-state index in [0.717, 1.165) is 26.7 Å². The number of aliphatic hydroxyl groups is 1. The van der Waals surface area contributed by atoms with E-state index in [1.54, 1.807) is 28.9 Å².